The highest BCUT2D eigenvalue weighted by molar-refractivity contribution is 7.03. The van der Waals surface area contributed by atoms with E-state index in [1.165, 1.54) is 0 Å². The van der Waals surface area contributed by atoms with Gasteiger partial charge in [-0.05, 0) is 61.0 Å². The van der Waals surface area contributed by atoms with E-state index >= 15 is 0 Å². The van der Waals surface area contributed by atoms with Gasteiger partial charge < -0.3 is 5.32 Å². The van der Waals surface area contributed by atoms with E-state index in [2.05, 4.69) is 14.9 Å². The van der Waals surface area contributed by atoms with Crippen molar-refractivity contribution < 1.29 is 9.59 Å². The summed E-state index contributed by atoms with van der Waals surface area (Å²) in [6, 6.07) is 14.7. The fourth-order valence-corrected chi connectivity index (χ4v) is 4.56. The van der Waals surface area contributed by atoms with Crippen LogP contribution in [0.3, 0.4) is 0 Å². The highest BCUT2D eigenvalue weighted by Gasteiger charge is 2.36. The molecule has 1 N–H and O–H groups in total. The summed E-state index contributed by atoms with van der Waals surface area (Å²) in [6.45, 7) is 3.93. The number of hydrogen-bond donors (Lipinski definition) is 1. The van der Waals surface area contributed by atoms with Crippen LogP contribution in [0.25, 0.3) is 0 Å². The third-order valence-electron chi connectivity index (χ3n) is 5.75. The van der Waals surface area contributed by atoms with Gasteiger partial charge in [-0.1, -0.05) is 59.8 Å². The van der Waals surface area contributed by atoms with Gasteiger partial charge in [-0.3, -0.25) is 14.5 Å². The molecule has 1 aromatic heterocycles. The number of aromatic nitrogens is 2. The first-order valence-corrected chi connectivity index (χ1v) is 11.4. The van der Waals surface area contributed by atoms with E-state index in [1.807, 2.05) is 62.4 Å². The van der Waals surface area contributed by atoms with Crippen LogP contribution in [0.1, 0.15) is 58.9 Å². The summed E-state index contributed by atoms with van der Waals surface area (Å²) in [4.78, 5) is 28.9. The van der Waals surface area contributed by atoms with Gasteiger partial charge in [0, 0.05) is 17.1 Å². The first-order valence-electron chi connectivity index (χ1n) is 10.6. The van der Waals surface area contributed by atoms with Crippen LogP contribution in [-0.2, 0) is 4.79 Å². The molecule has 1 saturated carbocycles. The van der Waals surface area contributed by atoms with Crippen molar-refractivity contribution in [1.29, 1.82) is 0 Å². The van der Waals surface area contributed by atoms with Gasteiger partial charge in [0.05, 0.1) is 0 Å². The molecule has 1 aliphatic rings. The molecule has 0 unspecified atom stereocenters. The number of hydrogen-bond acceptors (Lipinski definition) is 5. The van der Waals surface area contributed by atoms with Crippen molar-refractivity contribution in [2.75, 3.05) is 4.90 Å². The molecule has 2 aromatic carbocycles. The molecule has 0 bridgehead atoms. The SMILES string of the molecule is Cc1ccc(C)c(N(C(=O)c2csnn2)[C@@H](C(=O)NC2CCCC2)c2ccccc2)c1. The summed E-state index contributed by atoms with van der Waals surface area (Å²) in [6.07, 6.45) is 4.18. The number of carbonyl (C=O) groups is 2. The second-order valence-corrected chi connectivity index (χ2v) is 8.67. The number of aryl methyl sites for hydroxylation is 2. The lowest BCUT2D eigenvalue weighted by molar-refractivity contribution is -0.123. The van der Waals surface area contributed by atoms with Crippen LogP contribution < -0.4 is 10.2 Å². The Morgan fingerprint density at radius 3 is 2.52 bits per heavy atom. The highest BCUT2D eigenvalue weighted by Crippen LogP contribution is 2.33. The van der Waals surface area contributed by atoms with E-state index in [-0.39, 0.29) is 23.6 Å². The van der Waals surface area contributed by atoms with Crippen LogP contribution in [0.2, 0.25) is 0 Å². The normalized spacial score (nSPS) is 14.9. The third-order valence-corrected chi connectivity index (χ3v) is 6.25. The van der Waals surface area contributed by atoms with Crippen molar-refractivity contribution in [3.05, 3.63) is 76.3 Å². The maximum absolute atomic E-state index is 13.7. The summed E-state index contributed by atoms with van der Waals surface area (Å²) < 4.78 is 3.86. The molecule has 0 aliphatic heterocycles. The van der Waals surface area contributed by atoms with Gasteiger partial charge in [0.2, 0.25) is 5.91 Å². The second kappa shape index (κ2) is 9.39. The summed E-state index contributed by atoms with van der Waals surface area (Å²) in [7, 11) is 0. The van der Waals surface area contributed by atoms with Gasteiger partial charge in [0.15, 0.2) is 5.69 Å². The van der Waals surface area contributed by atoms with Crippen molar-refractivity contribution in [2.24, 2.45) is 0 Å². The molecule has 3 aromatic rings. The van der Waals surface area contributed by atoms with Crippen LogP contribution in [-0.4, -0.2) is 27.4 Å². The lowest BCUT2D eigenvalue weighted by Gasteiger charge is -2.33. The number of nitrogens with one attached hydrogen (secondary N) is 1. The number of amides is 2. The van der Waals surface area contributed by atoms with Crippen molar-refractivity contribution in [1.82, 2.24) is 14.9 Å². The summed E-state index contributed by atoms with van der Waals surface area (Å²) in [5.74, 6) is -0.506. The molecule has 4 rings (SSSR count). The van der Waals surface area contributed by atoms with Crippen LogP contribution in [0.4, 0.5) is 5.69 Å². The largest absolute Gasteiger partial charge is 0.351 e. The second-order valence-electron chi connectivity index (χ2n) is 8.06. The summed E-state index contributed by atoms with van der Waals surface area (Å²) >= 11 is 1.12. The maximum atomic E-state index is 13.7. The van der Waals surface area contributed by atoms with Crippen LogP contribution in [0.15, 0.2) is 53.9 Å². The quantitative estimate of drug-likeness (QED) is 0.615. The summed E-state index contributed by atoms with van der Waals surface area (Å²) in [5.41, 5.74) is 3.62. The van der Waals surface area contributed by atoms with E-state index in [1.54, 1.807) is 10.3 Å². The van der Waals surface area contributed by atoms with Crippen molar-refractivity contribution in [3.8, 4) is 0 Å². The van der Waals surface area contributed by atoms with Gasteiger partial charge >= 0.3 is 0 Å². The Labute approximate surface area is 186 Å². The predicted octanol–water partition coefficient (Wildman–Crippen LogP) is 4.60. The molecule has 6 nitrogen and oxygen atoms in total. The molecule has 0 spiro atoms. The fourth-order valence-electron chi connectivity index (χ4n) is 4.13. The monoisotopic (exact) mass is 434 g/mol. The molecule has 7 heteroatoms. The number of nitrogens with zero attached hydrogens (tertiary/aromatic N) is 3. The Morgan fingerprint density at radius 2 is 1.84 bits per heavy atom. The zero-order valence-electron chi connectivity index (χ0n) is 17.7. The van der Waals surface area contributed by atoms with Gasteiger partial charge in [-0.15, -0.1) is 5.10 Å². The fraction of sp³-hybridized carbons (Fsp3) is 0.333. The van der Waals surface area contributed by atoms with Gasteiger partial charge in [-0.25, -0.2) is 0 Å². The van der Waals surface area contributed by atoms with Crippen LogP contribution >= 0.6 is 11.5 Å². The predicted molar refractivity (Wildman–Crippen MR) is 122 cm³/mol. The van der Waals surface area contributed by atoms with Crippen LogP contribution in [0, 0.1) is 13.8 Å². The van der Waals surface area contributed by atoms with Gasteiger partial charge in [-0.2, -0.15) is 0 Å². The molecule has 1 fully saturated rings. The maximum Gasteiger partial charge on any atom is 0.280 e. The molecule has 0 radical (unpaired) electrons. The Balaban J connectivity index is 1.83. The third kappa shape index (κ3) is 4.66. The number of anilines is 1. The lowest BCUT2D eigenvalue weighted by atomic mass is 10.00. The first-order chi connectivity index (χ1) is 15.0. The van der Waals surface area contributed by atoms with Gasteiger partial charge in [0.25, 0.3) is 5.91 Å². The molecule has 160 valence electrons. The van der Waals surface area contributed by atoms with E-state index in [9.17, 15) is 9.59 Å². The Bertz CT molecular complexity index is 1050. The van der Waals surface area contributed by atoms with Gasteiger partial charge in [0.1, 0.15) is 6.04 Å². The van der Waals surface area contributed by atoms with Crippen molar-refractivity contribution in [2.45, 2.75) is 51.6 Å². The van der Waals surface area contributed by atoms with Crippen molar-refractivity contribution >= 4 is 29.0 Å². The van der Waals surface area contributed by atoms with Crippen molar-refractivity contribution in [3.63, 3.8) is 0 Å². The Hall–Kier alpha value is -3.06. The molecular weight excluding hydrogens is 408 g/mol. The molecule has 31 heavy (non-hydrogen) atoms. The topological polar surface area (TPSA) is 75.2 Å². The Kier molecular flexibility index (Phi) is 6.42. The minimum Gasteiger partial charge on any atom is -0.351 e. The highest BCUT2D eigenvalue weighted by atomic mass is 32.1. The molecule has 1 atom stereocenters. The average molecular weight is 435 g/mol. The standard InChI is InChI=1S/C24H26N4O2S/c1-16-12-13-17(2)21(14-16)28(24(30)20-15-31-27-26-20)22(18-8-4-3-5-9-18)23(29)25-19-10-6-7-11-19/h3-5,8-9,12-15,19,22H,6-7,10-11H2,1-2H3,(H,25,29)/t22-/m1/s1. The first kappa shape index (κ1) is 21.2. The molecule has 1 heterocycles. The Morgan fingerprint density at radius 1 is 1.10 bits per heavy atom. The summed E-state index contributed by atoms with van der Waals surface area (Å²) in [5, 5.41) is 8.82. The number of benzene rings is 2. The molecule has 2 amide bonds. The van der Waals surface area contributed by atoms with E-state index in [0.29, 0.717) is 5.69 Å². The van der Waals surface area contributed by atoms with Crippen LogP contribution in [0.5, 0.6) is 0 Å². The molecule has 0 saturated heterocycles. The average Bonchev–Trinajstić information content (AvgIpc) is 3.48. The smallest absolute Gasteiger partial charge is 0.280 e. The minimum absolute atomic E-state index is 0.148. The zero-order valence-corrected chi connectivity index (χ0v) is 18.6. The number of carbonyl (C=O) groups excluding carboxylic acids is 2. The number of rotatable bonds is 6. The molecule has 1 aliphatic carbocycles. The lowest BCUT2D eigenvalue weighted by Crippen LogP contribution is -2.46. The zero-order chi connectivity index (χ0) is 21.8. The van der Waals surface area contributed by atoms with E-state index in [0.717, 1.165) is 53.9 Å². The minimum atomic E-state index is -0.809. The molecular formula is C24H26N4O2S. The van der Waals surface area contributed by atoms with E-state index < -0.39 is 6.04 Å². The van der Waals surface area contributed by atoms with E-state index in [4.69, 9.17) is 0 Å².